The zero-order chi connectivity index (χ0) is 15.1. The highest BCUT2D eigenvalue weighted by atomic mass is 16.5. The molecule has 1 aromatic carbocycles. The quantitative estimate of drug-likeness (QED) is 0.852. The van der Waals surface area contributed by atoms with Gasteiger partial charge in [0, 0.05) is 24.4 Å². The van der Waals surface area contributed by atoms with Gasteiger partial charge in [-0.15, -0.1) is 0 Å². The standard InChI is InChI=1S/C16H16N2O3/c1-21-15-7-6-13(5-2-3-10-19)14(11-15)12-18-9-4-8-17-16(18)20/h4,6-9,11,19H,3,10,12H2,1H3. The van der Waals surface area contributed by atoms with E-state index in [0.717, 1.165) is 11.1 Å². The first kappa shape index (κ1) is 14.8. The van der Waals surface area contributed by atoms with Gasteiger partial charge in [0.15, 0.2) is 0 Å². The Labute approximate surface area is 122 Å². The minimum Gasteiger partial charge on any atom is -0.497 e. The molecule has 0 atom stereocenters. The molecule has 5 heteroatoms. The van der Waals surface area contributed by atoms with E-state index in [2.05, 4.69) is 16.8 Å². The largest absolute Gasteiger partial charge is 0.497 e. The molecule has 1 heterocycles. The molecule has 0 aliphatic rings. The van der Waals surface area contributed by atoms with E-state index < -0.39 is 0 Å². The molecule has 1 N–H and O–H groups in total. The normalized spacial score (nSPS) is 9.81. The molecule has 0 unspecified atom stereocenters. The summed E-state index contributed by atoms with van der Waals surface area (Å²) in [5.74, 6) is 6.59. The van der Waals surface area contributed by atoms with Crippen LogP contribution in [-0.4, -0.2) is 28.4 Å². The summed E-state index contributed by atoms with van der Waals surface area (Å²) in [6, 6.07) is 7.22. The van der Waals surface area contributed by atoms with Crippen LogP contribution >= 0.6 is 0 Å². The number of ether oxygens (including phenoxy) is 1. The molecule has 21 heavy (non-hydrogen) atoms. The monoisotopic (exact) mass is 284 g/mol. The molecule has 0 spiro atoms. The molecule has 0 amide bonds. The van der Waals surface area contributed by atoms with Crippen LogP contribution in [0, 0.1) is 11.8 Å². The number of rotatable bonds is 4. The van der Waals surface area contributed by atoms with Crippen LogP contribution in [0.5, 0.6) is 5.75 Å². The number of methoxy groups -OCH3 is 1. The van der Waals surface area contributed by atoms with Gasteiger partial charge >= 0.3 is 5.69 Å². The third-order valence-electron chi connectivity index (χ3n) is 2.90. The highest BCUT2D eigenvalue weighted by molar-refractivity contribution is 5.45. The van der Waals surface area contributed by atoms with E-state index in [4.69, 9.17) is 9.84 Å². The Kier molecular flexibility index (Phi) is 5.13. The first-order valence-electron chi connectivity index (χ1n) is 6.52. The van der Waals surface area contributed by atoms with E-state index >= 15 is 0 Å². The molecule has 0 saturated heterocycles. The van der Waals surface area contributed by atoms with Crippen LogP contribution in [0.1, 0.15) is 17.5 Å². The van der Waals surface area contributed by atoms with Gasteiger partial charge in [0.2, 0.25) is 0 Å². The molecule has 108 valence electrons. The average molecular weight is 284 g/mol. The van der Waals surface area contributed by atoms with Gasteiger partial charge in [-0.3, -0.25) is 4.57 Å². The third-order valence-corrected chi connectivity index (χ3v) is 2.90. The van der Waals surface area contributed by atoms with Crippen molar-refractivity contribution < 1.29 is 9.84 Å². The van der Waals surface area contributed by atoms with E-state index in [1.165, 1.54) is 10.8 Å². The predicted octanol–water partition coefficient (Wildman–Crippen LogP) is 1.03. The van der Waals surface area contributed by atoms with Crippen molar-refractivity contribution in [3.63, 3.8) is 0 Å². The third kappa shape index (κ3) is 3.94. The van der Waals surface area contributed by atoms with Gasteiger partial charge in [0.25, 0.3) is 0 Å². The van der Waals surface area contributed by atoms with Gasteiger partial charge in [-0.05, 0) is 29.8 Å². The van der Waals surface area contributed by atoms with Gasteiger partial charge < -0.3 is 9.84 Å². The Bertz CT molecular complexity index is 726. The lowest BCUT2D eigenvalue weighted by atomic mass is 10.1. The fraction of sp³-hybridized carbons (Fsp3) is 0.250. The van der Waals surface area contributed by atoms with Gasteiger partial charge in [-0.1, -0.05) is 11.8 Å². The number of nitrogens with zero attached hydrogens (tertiary/aromatic N) is 2. The van der Waals surface area contributed by atoms with Gasteiger partial charge in [0.1, 0.15) is 5.75 Å². The highest BCUT2D eigenvalue weighted by Gasteiger charge is 2.05. The number of hydrogen-bond donors (Lipinski definition) is 1. The number of aliphatic hydroxyl groups is 1. The topological polar surface area (TPSA) is 64.3 Å². The van der Waals surface area contributed by atoms with E-state index in [0.29, 0.717) is 18.7 Å². The smallest absolute Gasteiger partial charge is 0.347 e. The summed E-state index contributed by atoms with van der Waals surface area (Å²) in [6.07, 6.45) is 3.56. The molecule has 0 bridgehead atoms. The predicted molar refractivity (Wildman–Crippen MR) is 79.2 cm³/mol. The summed E-state index contributed by atoms with van der Waals surface area (Å²) < 4.78 is 6.72. The van der Waals surface area contributed by atoms with Crippen LogP contribution < -0.4 is 10.4 Å². The van der Waals surface area contributed by atoms with Crippen LogP contribution in [0.3, 0.4) is 0 Å². The fourth-order valence-corrected chi connectivity index (χ4v) is 1.85. The lowest BCUT2D eigenvalue weighted by Crippen LogP contribution is -2.22. The Morgan fingerprint density at radius 2 is 2.29 bits per heavy atom. The Morgan fingerprint density at radius 1 is 1.43 bits per heavy atom. The number of benzene rings is 1. The minimum atomic E-state index is -0.311. The molecular weight excluding hydrogens is 268 g/mol. The van der Waals surface area contributed by atoms with Crippen molar-refractivity contribution >= 4 is 0 Å². The van der Waals surface area contributed by atoms with Crippen molar-refractivity contribution in [2.75, 3.05) is 13.7 Å². The van der Waals surface area contributed by atoms with Crippen molar-refractivity contribution in [2.45, 2.75) is 13.0 Å². The molecular formula is C16H16N2O3. The molecule has 0 radical (unpaired) electrons. The molecule has 0 fully saturated rings. The lowest BCUT2D eigenvalue weighted by molar-refractivity contribution is 0.305. The first-order valence-corrected chi connectivity index (χ1v) is 6.52. The van der Waals surface area contributed by atoms with E-state index in [-0.39, 0.29) is 12.3 Å². The summed E-state index contributed by atoms with van der Waals surface area (Å²) in [5, 5.41) is 8.79. The summed E-state index contributed by atoms with van der Waals surface area (Å²) in [6.45, 7) is 0.396. The maximum absolute atomic E-state index is 11.7. The zero-order valence-corrected chi connectivity index (χ0v) is 11.7. The van der Waals surface area contributed by atoms with Gasteiger partial charge in [0.05, 0.1) is 20.3 Å². The Morgan fingerprint density at radius 3 is 3.00 bits per heavy atom. The van der Waals surface area contributed by atoms with Crippen molar-refractivity contribution in [1.82, 2.24) is 9.55 Å². The minimum absolute atomic E-state index is 0.0283. The van der Waals surface area contributed by atoms with Crippen LogP contribution in [-0.2, 0) is 6.54 Å². The SMILES string of the molecule is COc1ccc(C#CCCO)c(Cn2cccnc2=O)c1. The van der Waals surface area contributed by atoms with Crippen LogP contribution in [0.25, 0.3) is 0 Å². The van der Waals surface area contributed by atoms with Crippen LogP contribution in [0.4, 0.5) is 0 Å². The molecule has 2 aromatic rings. The Hall–Kier alpha value is -2.58. The van der Waals surface area contributed by atoms with Crippen molar-refractivity contribution in [2.24, 2.45) is 0 Å². The zero-order valence-electron chi connectivity index (χ0n) is 11.7. The highest BCUT2D eigenvalue weighted by Crippen LogP contribution is 2.17. The van der Waals surface area contributed by atoms with Crippen LogP contribution in [0.2, 0.25) is 0 Å². The van der Waals surface area contributed by atoms with Crippen molar-refractivity contribution in [1.29, 1.82) is 0 Å². The second-order valence-electron chi connectivity index (χ2n) is 4.33. The first-order chi connectivity index (χ1) is 10.2. The molecule has 1 aromatic heterocycles. The Balaban J connectivity index is 2.38. The summed E-state index contributed by atoms with van der Waals surface area (Å²) in [4.78, 5) is 15.4. The molecule has 0 aliphatic carbocycles. The van der Waals surface area contributed by atoms with E-state index in [9.17, 15) is 4.79 Å². The van der Waals surface area contributed by atoms with E-state index in [1.807, 2.05) is 18.2 Å². The second-order valence-corrected chi connectivity index (χ2v) is 4.33. The summed E-state index contributed by atoms with van der Waals surface area (Å²) in [7, 11) is 1.59. The molecule has 5 nitrogen and oxygen atoms in total. The second kappa shape index (κ2) is 7.27. The summed E-state index contributed by atoms with van der Waals surface area (Å²) in [5.41, 5.74) is 1.37. The van der Waals surface area contributed by atoms with Crippen LogP contribution in [0.15, 0.2) is 41.5 Å². The van der Waals surface area contributed by atoms with Gasteiger partial charge in [-0.25, -0.2) is 9.78 Å². The molecule has 0 aliphatic heterocycles. The van der Waals surface area contributed by atoms with Crippen molar-refractivity contribution in [3.05, 3.63) is 58.3 Å². The number of aromatic nitrogens is 2. The maximum atomic E-state index is 11.7. The molecule has 0 saturated carbocycles. The number of hydrogen-bond acceptors (Lipinski definition) is 4. The van der Waals surface area contributed by atoms with Crippen molar-refractivity contribution in [3.8, 4) is 17.6 Å². The summed E-state index contributed by atoms with van der Waals surface area (Å²) >= 11 is 0. The maximum Gasteiger partial charge on any atom is 0.347 e. The molecule has 2 rings (SSSR count). The number of aliphatic hydroxyl groups excluding tert-OH is 1. The lowest BCUT2D eigenvalue weighted by Gasteiger charge is -2.09. The average Bonchev–Trinajstić information content (AvgIpc) is 2.51. The van der Waals surface area contributed by atoms with E-state index in [1.54, 1.807) is 19.4 Å². The fourth-order valence-electron chi connectivity index (χ4n) is 1.85. The van der Waals surface area contributed by atoms with Gasteiger partial charge in [-0.2, -0.15) is 0 Å².